The van der Waals surface area contributed by atoms with Crippen LogP contribution < -0.4 is 15.5 Å². The number of anilines is 4. The normalized spacial score (nSPS) is 13.6. The Hall–Kier alpha value is -3.95. The first-order chi connectivity index (χ1) is 16.1. The van der Waals surface area contributed by atoms with E-state index >= 15 is 0 Å². The average molecular weight is 449 g/mol. The summed E-state index contributed by atoms with van der Waals surface area (Å²) in [4.78, 5) is 32.4. The van der Waals surface area contributed by atoms with Crippen molar-refractivity contribution in [2.75, 3.05) is 48.3 Å². The first kappa shape index (κ1) is 22.3. The highest BCUT2D eigenvalue weighted by molar-refractivity contribution is 5.71. The van der Waals surface area contributed by atoms with Gasteiger partial charge in [0.05, 0.1) is 11.9 Å². The van der Waals surface area contributed by atoms with E-state index in [1.165, 1.54) is 4.90 Å². The summed E-state index contributed by atoms with van der Waals surface area (Å²) in [5.74, 6) is 2.10. The maximum Gasteiger partial charge on any atom is 0.407 e. The van der Waals surface area contributed by atoms with Crippen LogP contribution in [-0.2, 0) is 0 Å². The van der Waals surface area contributed by atoms with Gasteiger partial charge in [0, 0.05) is 68.6 Å². The summed E-state index contributed by atoms with van der Waals surface area (Å²) in [5.41, 5.74) is 2.70. The molecule has 0 radical (unpaired) electrons. The first-order valence-electron chi connectivity index (χ1n) is 11.1. The third-order valence-electron chi connectivity index (χ3n) is 5.42. The highest BCUT2D eigenvalue weighted by Crippen LogP contribution is 2.27. The van der Waals surface area contributed by atoms with Crippen molar-refractivity contribution in [2.24, 2.45) is 0 Å². The molecule has 4 rings (SSSR count). The zero-order valence-corrected chi connectivity index (χ0v) is 18.6. The number of piperazine rings is 1. The molecule has 0 saturated carbocycles. The third kappa shape index (κ3) is 5.85. The molecular formula is C23H28N8O2. The van der Waals surface area contributed by atoms with Crippen LogP contribution in [0, 0.1) is 0 Å². The number of rotatable bonds is 8. The minimum atomic E-state index is -0.879. The van der Waals surface area contributed by atoms with Gasteiger partial charge in [-0.15, -0.1) is 0 Å². The van der Waals surface area contributed by atoms with Gasteiger partial charge in [0.2, 0.25) is 0 Å². The van der Waals surface area contributed by atoms with E-state index in [4.69, 9.17) is 4.98 Å². The Balaban J connectivity index is 1.59. The van der Waals surface area contributed by atoms with Gasteiger partial charge in [-0.3, -0.25) is 4.98 Å². The Kier molecular flexibility index (Phi) is 7.13. The molecule has 3 aromatic heterocycles. The summed E-state index contributed by atoms with van der Waals surface area (Å²) in [6.07, 6.45) is 7.98. The number of hydrogen-bond donors (Lipinski definition) is 3. The van der Waals surface area contributed by atoms with Gasteiger partial charge < -0.3 is 25.5 Å². The zero-order chi connectivity index (χ0) is 23.0. The molecule has 33 heavy (non-hydrogen) atoms. The van der Waals surface area contributed by atoms with E-state index in [2.05, 4.69) is 37.4 Å². The van der Waals surface area contributed by atoms with Crippen LogP contribution in [-0.4, -0.2) is 68.8 Å². The van der Waals surface area contributed by atoms with Crippen LogP contribution in [0.1, 0.15) is 19.8 Å². The predicted molar refractivity (Wildman–Crippen MR) is 128 cm³/mol. The quantitative estimate of drug-likeness (QED) is 0.443. The number of carboxylic acid groups (broad SMARTS) is 1. The monoisotopic (exact) mass is 448 g/mol. The molecule has 0 atom stereocenters. The number of hydrogen-bond acceptors (Lipinski definition) is 8. The molecule has 0 aromatic carbocycles. The summed E-state index contributed by atoms with van der Waals surface area (Å²) >= 11 is 0. The summed E-state index contributed by atoms with van der Waals surface area (Å²) in [5, 5.41) is 15.9. The molecule has 0 unspecified atom stereocenters. The van der Waals surface area contributed by atoms with Crippen molar-refractivity contribution in [3.05, 3.63) is 49.1 Å². The number of unbranched alkanes of at least 4 members (excludes halogenated alkanes) is 1. The molecule has 10 nitrogen and oxygen atoms in total. The van der Waals surface area contributed by atoms with E-state index in [1.807, 2.05) is 24.3 Å². The van der Waals surface area contributed by atoms with Crippen LogP contribution in [0.3, 0.4) is 0 Å². The fourth-order valence-corrected chi connectivity index (χ4v) is 3.63. The molecule has 1 saturated heterocycles. The Morgan fingerprint density at radius 1 is 1.06 bits per heavy atom. The van der Waals surface area contributed by atoms with Gasteiger partial charge in [0.15, 0.2) is 0 Å². The van der Waals surface area contributed by atoms with E-state index in [9.17, 15) is 9.90 Å². The molecule has 1 fully saturated rings. The second-order valence-electron chi connectivity index (χ2n) is 7.78. The number of carbonyl (C=O) groups is 1. The second kappa shape index (κ2) is 10.6. The fraction of sp³-hybridized carbons (Fsp3) is 0.348. The van der Waals surface area contributed by atoms with Crippen LogP contribution >= 0.6 is 0 Å². The van der Waals surface area contributed by atoms with E-state index in [0.717, 1.165) is 42.1 Å². The lowest BCUT2D eigenvalue weighted by Gasteiger charge is -2.33. The highest BCUT2D eigenvalue weighted by Gasteiger charge is 2.21. The number of aromatic nitrogens is 4. The second-order valence-corrected chi connectivity index (χ2v) is 7.78. The average Bonchev–Trinajstić information content (AvgIpc) is 2.85. The molecule has 1 amide bonds. The van der Waals surface area contributed by atoms with Gasteiger partial charge >= 0.3 is 6.09 Å². The predicted octanol–water partition coefficient (Wildman–Crippen LogP) is 3.69. The van der Waals surface area contributed by atoms with Gasteiger partial charge in [-0.2, -0.15) is 0 Å². The largest absolute Gasteiger partial charge is 0.465 e. The Labute approximate surface area is 192 Å². The number of pyridine rings is 2. The van der Waals surface area contributed by atoms with Gasteiger partial charge in [0.25, 0.3) is 0 Å². The van der Waals surface area contributed by atoms with Crippen molar-refractivity contribution in [3.63, 3.8) is 0 Å². The molecule has 0 aliphatic carbocycles. The summed E-state index contributed by atoms with van der Waals surface area (Å²) in [7, 11) is 0. The third-order valence-corrected chi connectivity index (χ3v) is 5.42. The maximum atomic E-state index is 11.2. The highest BCUT2D eigenvalue weighted by atomic mass is 16.4. The van der Waals surface area contributed by atoms with E-state index in [-0.39, 0.29) is 0 Å². The Morgan fingerprint density at radius 3 is 2.64 bits per heavy atom. The molecule has 3 N–H and O–H groups in total. The van der Waals surface area contributed by atoms with E-state index < -0.39 is 6.09 Å². The Bertz CT molecular complexity index is 1070. The molecule has 0 bridgehead atoms. The topological polar surface area (TPSA) is 119 Å². The van der Waals surface area contributed by atoms with Gasteiger partial charge in [-0.1, -0.05) is 13.3 Å². The van der Waals surface area contributed by atoms with Gasteiger partial charge in [-0.25, -0.2) is 19.7 Å². The SMILES string of the molecule is CCCCNc1cc(Nc2cnccn2)nc(-c2ccnc(N3CCN(C(=O)O)CC3)c2)c1. The lowest BCUT2D eigenvalue weighted by atomic mass is 10.1. The van der Waals surface area contributed by atoms with Crippen molar-refractivity contribution in [1.29, 1.82) is 0 Å². The van der Waals surface area contributed by atoms with Gasteiger partial charge in [0.1, 0.15) is 17.5 Å². The van der Waals surface area contributed by atoms with Crippen molar-refractivity contribution >= 4 is 29.2 Å². The molecule has 10 heteroatoms. The van der Waals surface area contributed by atoms with Crippen molar-refractivity contribution in [2.45, 2.75) is 19.8 Å². The number of amides is 1. The molecule has 3 aromatic rings. The molecule has 0 spiro atoms. The number of nitrogens with one attached hydrogen (secondary N) is 2. The minimum Gasteiger partial charge on any atom is -0.465 e. The minimum absolute atomic E-state index is 0.461. The first-order valence-corrected chi connectivity index (χ1v) is 11.1. The molecule has 172 valence electrons. The van der Waals surface area contributed by atoms with Crippen LogP contribution in [0.2, 0.25) is 0 Å². The smallest absolute Gasteiger partial charge is 0.407 e. The lowest BCUT2D eigenvalue weighted by Crippen LogP contribution is -2.48. The molecule has 4 heterocycles. The standard InChI is InChI=1S/C23H28N8O2/c1-2-3-5-25-18-14-19(28-20(15-18)29-21-16-24-7-8-26-21)17-4-6-27-22(13-17)30-9-11-31(12-10-30)23(32)33/h4,6-8,13-16H,2-3,5,9-12H2,1H3,(H,32,33)(H2,25,26,28,29). The molecule has 1 aliphatic heterocycles. The zero-order valence-electron chi connectivity index (χ0n) is 18.6. The fourth-order valence-electron chi connectivity index (χ4n) is 3.63. The van der Waals surface area contributed by atoms with E-state index in [1.54, 1.807) is 24.8 Å². The van der Waals surface area contributed by atoms with Crippen molar-refractivity contribution in [3.8, 4) is 11.3 Å². The Morgan fingerprint density at radius 2 is 1.91 bits per heavy atom. The summed E-state index contributed by atoms with van der Waals surface area (Å²) < 4.78 is 0. The summed E-state index contributed by atoms with van der Waals surface area (Å²) in [6, 6.07) is 7.92. The van der Waals surface area contributed by atoms with Crippen LogP contribution in [0.5, 0.6) is 0 Å². The van der Waals surface area contributed by atoms with Crippen LogP contribution in [0.15, 0.2) is 49.1 Å². The van der Waals surface area contributed by atoms with E-state index in [0.29, 0.717) is 37.8 Å². The van der Waals surface area contributed by atoms with Crippen molar-refractivity contribution < 1.29 is 9.90 Å². The van der Waals surface area contributed by atoms with Crippen molar-refractivity contribution in [1.82, 2.24) is 24.8 Å². The van der Waals surface area contributed by atoms with Crippen LogP contribution in [0.4, 0.5) is 27.9 Å². The summed E-state index contributed by atoms with van der Waals surface area (Å²) in [6.45, 7) is 5.17. The molecule has 1 aliphatic rings. The lowest BCUT2D eigenvalue weighted by molar-refractivity contribution is 0.142. The van der Waals surface area contributed by atoms with Crippen LogP contribution in [0.25, 0.3) is 11.3 Å². The van der Waals surface area contributed by atoms with Gasteiger partial charge in [-0.05, 0) is 24.6 Å². The maximum absolute atomic E-state index is 11.2. The number of nitrogens with zero attached hydrogens (tertiary/aromatic N) is 6. The molecular weight excluding hydrogens is 420 g/mol.